The first-order chi connectivity index (χ1) is 10.2. The number of hydrogen-bond acceptors (Lipinski definition) is 5. The van der Waals surface area contributed by atoms with Crippen molar-refractivity contribution in [1.82, 2.24) is 4.98 Å². The molecule has 0 spiro atoms. The maximum atomic E-state index is 7.70. The molecule has 0 saturated carbocycles. The number of ether oxygens (including phenoxy) is 2. The Morgan fingerprint density at radius 3 is 2.81 bits per heavy atom. The number of hydrogen-bond donors (Lipinski definition) is 3. The van der Waals surface area contributed by atoms with Crippen LogP contribution in [-0.4, -0.2) is 44.3 Å². The molecular weight excluding hydrogens is 268 g/mol. The fourth-order valence-corrected chi connectivity index (χ4v) is 2.06. The average molecular weight is 288 g/mol. The van der Waals surface area contributed by atoms with E-state index in [2.05, 4.69) is 10.3 Å². The van der Waals surface area contributed by atoms with Crippen LogP contribution in [0.5, 0.6) is 0 Å². The summed E-state index contributed by atoms with van der Waals surface area (Å²) in [4.78, 5) is 4.53. The van der Waals surface area contributed by atoms with Crippen molar-refractivity contribution in [3.63, 3.8) is 0 Å². The van der Waals surface area contributed by atoms with E-state index in [1.54, 1.807) is 14.2 Å². The molecule has 2 aromatic rings. The zero-order chi connectivity index (χ0) is 15.2. The van der Waals surface area contributed by atoms with Crippen molar-refractivity contribution in [2.75, 3.05) is 32.7 Å². The highest BCUT2D eigenvalue weighted by atomic mass is 16.5. The molecule has 1 aromatic carbocycles. The van der Waals surface area contributed by atoms with Gasteiger partial charge in [-0.15, -0.1) is 0 Å². The number of pyridine rings is 1. The predicted octanol–water partition coefficient (Wildman–Crippen LogP) is 1.59. The van der Waals surface area contributed by atoms with Crippen molar-refractivity contribution in [3.8, 4) is 0 Å². The Bertz CT molecular complexity index is 630. The van der Waals surface area contributed by atoms with Crippen molar-refractivity contribution in [3.05, 3.63) is 35.9 Å². The van der Waals surface area contributed by atoms with Gasteiger partial charge < -0.3 is 20.5 Å². The summed E-state index contributed by atoms with van der Waals surface area (Å²) in [7, 11) is 3.26. The van der Waals surface area contributed by atoms with E-state index in [4.69, 9.17) is 20.6 Å². The van der Waals surface area contributed by atoms with Crippen molar-refractivity contribution < 1.29 is 9.47 Å². The molecule has 0 aliphatic rings. The van der Waals surface area contributed by atoms with Crippen LogP contribution in [-0.2, 0) is 9.47 Å². The molecule has 112 valence electrons. The summed E-state index contributed by atoms with van der Waals surface area (Å²) in [5, 5.41) is 11.8. The smallest absolute Gasteiger partial charge is 0.137 e. The molecule has 6 heteroatoms. The van der Waals surface area contributed by atoms with Crippen LogP contribution in [0.4, 0.5) is 5.82 Å². The fraction of sp³-hybridized carbons (Fsp3) is 0.333. The molecule has 0 aliphatic heterocycles. The second-order valence-electron chi connectivity index (χ2n) is 4.68. The van der Waals surface area contributed by atoms with Gasteiger partial charge in [0.15, 0.2) is 0 Å². The number of amidine groups is 1. The van der Waals surface area contributed by atoms with E-state index in [1.807, 2.05) is 30.3 Å². The third-order valence-corrected chi connectivity index (χ3v) is 3.20. The van der Waals surface area contributed by atoms with Gasteiger partial charge in [0.1, 0.15) is 11.7 Å². The van der Waals surface area contributed by atoms with Crippen LogP contribution in [0.1, 0.15) is 5.56 Å². The van der Waals surface area contributed by atoms with E-state index in [-0.39, 0.29) is 11.9 Å². The lowest BCUT2D eigenvalue weighted by Gasteiger charge is -2.17. The summed E-state index contributed by atoms with van der Waals surface area (Å²) < 4.78 is 10.4. The molecular formula is C15H20N4O2. The van der Waals surface area contributed by atoms with Gasteiger partial charge >= 0.3 is 0 Å². The molecule has 21 heavy (non-hydrogen) atoms. The van der Waals surface area contributed by atoms with Crippen LogP contribution in [0.15, 0.2) is 30.3 Å². The first-order valence-electron chi connectivity index (χ1n) is 6.65. The van der Waals surface area contributed by atoms with Crippen LogP contribution in [0, 0.1) is 5.41 Å². The number of rotatable bonds is 7. The van der Waals surface area contributed by atoms with Crippen molar-refractivity contribution in [1.29, 1.82) is 5.41 Å². The van der Waals surface area contributed by atoms with Gasteiger partial charge in [0.25, 0.3) is 0 Å². The van der Waals surface area contributed by atoms with Gasteiger partial charge in [-0.25, -0.2) is 4.98 Å². The van der Waals surface area contributed by atoms with E-state index in [0.717, 1.165) is 10.9 Å². The second-order valence-corrected chi connectivity index (χ2v) is 4.68. The summed E-state index contributed by atoms with van der Waals surface area (Å²) in [6.07, 6.45) is -0.0944. The predicted molar refractivity (Wildman–Crippen MR) is 83.9 cm³/mol. The highest BCUT2D eigenvalue weighted by molar-refractivity contribution is 6.02. The van der Waals surface area contributed by atoms with E-state index < -0.39 is 0 Å². The van der Waals surface area contributed by atoms with Crippen LogP contribution in [0.25, 0.3) is 10.9 Å². The van der Waals surface area contributed by atoms with Crippen LogP contribution < -0.4 is 11.1 Å². The summed E-state index contributed by atoms with van der Waals surface area (Å²) in [6.45, 7) is 1.00. The Hall–Kier alpha value is -2.18. The van der Waals surface area contributed by atoms with E-state index in [0.29, 0.717) is 24.5 Å². The Morgan fingerprint density at radius 2 is 2.14 bits per heavy atom. The number of para-hydroxylation sites is 1. The maximum absolute atomic E-state index is 7.70. The molecule has 0 fully saturated rings. The normalized spacial score (nSPS) is 12.3. The van der Waals surface area contributed by atoms with Gasteiger partial charge in [-0.2, -0.15) is 0 Å². The molecule has 4 N–H and O–H groups in total. The second kappa shape index (κ2) is 7.01. The zero-order valence-electron chi connectivity index (χ0n) is 12.2. The van der Waals surface area contributed by atoms with Gasteiger partial charge in [0.05, 0.1) is 23.8 Å². The Morgan fingerprint density at radius 1 is 1.38 bits per heavy atom. The molecule has 1 atom stereocenters. The topological polar surface area (TPSA) is 93.2 Å². The third-order valence-electron chi connectivity index (χ3n) is 3.20. The van der Waals surface area contributed by atoms with Crippen LogP contribution in [0.2, 0.25) is 0 Å². The Kier molecular flexibility index (Phi) is 5.08. The molecule has 0 radical (unpaired) electrons. The summed E-state index contributed by atoms with van der Waals surface area (Å²) >= 11 is 0. The number of benzene rings is 1. The number of anilines is 1. The number of nitrogens with one attached hydrogen (secondary N) is 2. The standard InChI is InChI=1S/C15H20N4O2/c1-20-9-11(21-2)8-18-15-12(14(16)17)7-10-5-3-4-6-13(10)19-15/h3-7,11H,8-9H2,1-2H3,(H3,16,17)(H,18,19). The van der Waals surface area contributed by atoms with Crippen LogP contribution in [0.3, 0.4) is 0 Å². The first-order valence-corrected chi connectivity index (χ1v) is 6.65. The molecule has 0 aliphatic carbocycles. The Labute approximate surface area is 123 Å². The van der Waals surface area contributed by atoms with E-state index in [9.17, 15) is 0 Å². The highest BCUT2D eigenvalue weighted by Gasteiger charge is 2.12. The summed E-state index contributed by atoms with van der Waals surface area (Å²) in [6, 6.07) is 9.59. The lowest BCUT2D eigenvalue weighted by atomic mass is 10.1. The highest BCUT2D eigenvalue weighted by Crippen LogP contribution is 2.20. The van der Waals surface area contributed by atoms with Gasteiger partial charge in [-0.3, -0.25) is 5.41 Å². The number of nitrogen functional groups attached to an aromatic ring is 1. The lowest BCUT2D eigenvalue weighted by molar-refractivity contribution is 0.0365. The summed E-state index contributed by atoms with van der Waals surface area (Å²) in [5.41, 5.74) is 7.09. The molecule has 0 saturated heterocycles. The monoisotopic (exact) mass is 288 g/mol. The zero-order valence-corrected chi connectivity index (χ0v) is 12.2. The maximum Gasteiger partial charge on any atom is 0.137 e. The van der Waals surface area contributed by atoms with Crippen molar-refractivity contribution in [2.24, 2.45) is 5.73 Å². The number of fused-ring (bicyclic) bond motifs is 1. The third kappa shape index (κ3) is 3.68. The average Bonchev–Trinajstić information content (AvgIpc) is 2.50. The minimum Gasteiger partial charge on any atom is -0.384 e. The number of nitrogens with two attached hydrogens (primary N) is 1. The van der Waals surface area contributed by atoms with E-state index >= 15 is 0 Å². The molecule has 1 aromatic heterocycles. The number of methoxy groups -OCH3 is 2. The van der Waals surface area contributed by atoms with Crippen molar-refractivity contribution >= 4 is 22.6 Å². The van der Waals surface area contributed by atoms with E-state index in [1.165, 1.54) is 0 Å². The van der Waals surface area contributed by atoms with Gasteiger partial charge in [-0.1, -0.05) is 18.2 Å². The molecule has 6 nitrogen and oxygen atoms in total. The quantitative estimate of drug-likeness (QED) is 0.531. The first kappa shape index (κ1) is 15.2. The fourth-order valence-electron chi connectivity index (χ4n) is 2.06. The SMILES string of the molecule is COCC(CNc1nc2ccccc2cc1C(=N)N)OC. The largest absolute Gasteiger partial charge is 0.384 e. The van der Waals surface area contributed by atoms with Gasteiger partial charge in [-0.05, 0) is 12.1 Å². The molecule has 1 heterocycles. The molecule has 0 bridgehead atoms. The van der Waals surface area contributed by atoms with Gasteiger partial charge in [0, 0.05) is 26.2 Å². The van der Waals surface area contributed by atoms with Crippen molar-refractivity contribution in [2.45, 2.75) is 6.10 Å². The van der Waals surface area contributed by atoms with Gasteiger partial charge in [0.2, 0.25) is 0 Å². The number of aromatic nitrogens is 1. The Balaban J connectivity index is 2.28. The molecule has 0 amide bonds. The lowest BCUT2D eigenvalue weighted by Crippen LogP contribution is -2.28. The minimum absolute atomic E-state index is 0.0172. The molecule has 2 rings (SSSR count). The number of nitrogens with zero attached hydrogens (tertiary/aromatic N) is 1. The molecule has 1 unspecified atom stereocenters. The minimum atomic E-state index is -0.0944. The summed E-state index contributed by atoms with van der Waals surface area (Å²) in [5.74, 6) is 0.566. The van der Waals surface area contributed by atoms with Crippen LogP contribution >= 0.6 is 0 Å².